The minimum atomic E-state index is -0.381. The molecule has 0 unspecified atom stereocenters. The lowest BCUT2D eigenvalue weighted by Crippen LogP contribution is -2.30. The van der Waals surface area contributed by atoms with E-state index in [2.05, 4.69) is 39.5 Å². The molecule has 44 heavy (non-hydrogen) atoms. The molecular formula is C33H39N7O4. The van der Waals surface area contributed by atoms with Crippen LogP contribution in [0.3, 0.4) is 0 Å². The number of anilines is 1. The van der Waals surface area contributed by atoms with Crippen LogP contribution in [0.25, 0.3) is 17.1 Å². The van der Waals surface area contributed by atoms with Crippen molar-refractivity contribution >= 4 is 34.6 Å². The first-order valence-electron chi connectivity index (χ1n) is 15.0. The molecule has 0 aliphatic carbocycles. The lowest BCUT2D eigenvalue weighted by Gasteiger charge is -2.26. The second-order valence-electron chi connectivity index (χ2n) is 10.5. The van der Waals surface area contributed by atoms with Gasteiger partial charge in [0.25, 0.3) is 11.8 Å². The van der Waals surface area contributed by atoms with Gasteiger partial charge in [0.1, 0.15) is 17.1 Å². The highest BCUT2D eigenvalue weighted by molar-refractivity contribution is 5.97. The fourth-order valence-corrected chi connectivity index (χ4v) is 5.37. The van der Waals surface area contributed by atoms with Gasteiger partial charge in [-0.2, -0.15) is 5.10 Å². The second kappa shape index (κ2) is 14.1. The van der Waals surface area contributed by atoms with Crippen molar-refractivity contribution in [2.45, 2.75) is 58.8 Å². The fourth-order valence-electron chi connectivity index (χ4n) is 5.37. The third kappa shape index (κ3) is 6.73. The molecule has 1 aliphatic rings. The Kier molecular flexibility index (Phi) is 9.86. The summed E-state index contributed by atoms with van der Waals surface area (Å²) < 4.78 is 12.8. The van der Waals surface area contributed by atoms with E-state index in [4.69, 9.17) is 14.5 Å². The van der Waals surface area contributed by atoms with Crippen molar-refractivity contribution in [2.24, 2.45) is 0 Å². The van der Waals surface area contributed by atoms with Gasteiger partial charge in [0.2, 0.25) is 0 Å². The van der Waals surface area contributed by atoms with E-state index < -0.39 is 0 Å². The number of benzene rings is 1. The van der Waals surface area contributed by atoms with Gasteiger partial charge in [0.05, 0.1) is 24.4 Å². The fraction of sp³-hybridized carbons (Fsp3) is 0.364. The molecule has 5 rings (SSSR count). The highest BCUT2D eigenvalue weighted by Gasteiger charge is 2.22. The number of pyridine rings is 2. The monoisotopic (exact) mass is 597 g/mol. The molecule has 1 aromatic carbocycles. The zero-order valence-electron chi connectivity index (χ0n) is 25.5. The topological polar surface area (TPSA) is 132 Å². The SMILES string of the molecule is C=Cc1cc(CNC(=O)c2cccc(C(=O)NCc3c(CC)nc4c(cnn4CC)c3NC3CCOCC3)n2)ccc1OC. The van der Waals surface area contributed by atoms with Gasteiger partial charge in [-0.1, -0.05) is 31.7 Å². The standard InChI is InChI=1S/C33H39N7O4/c1-5-22-17-21(11-12-29(22)43-4)18-34-32(41)27-9-8-10-28(38-27)33(42)35-19-24-26(6-2)39-31-25(20-36-40(31)7-3)30(24)37-23-13-15-44-16-14-23/h5,8-12,17,20,23H,1,6-7,13-16,18-19H2,2-4H3,(H,34,41)(H,35,42)(H,37,39). The van der Waals surface area contributed by atoms with E-state index in [-0.39, 0.29) is 42.3 Å². The molecule has 0 atom stereocenters. The van der Waals surface area contributed by atoms with E-state index in [9.17, 15) is 9.59 Å². The molecular weight excluding hydrogens is 558 g/mol. The molecule has 2 amide bonds. The van der Waals surface area contributed by atoms with Crippen LogP contribution in [0.15, 0.2) is 49.2 Å². The van der Waals surface area contributed by atoms with Crippen LogP contribution in [-0.2, 0) is 30.8 Å². The van der Waals surface area contributed by atoms with Crippen molar-refractivity contribution in [3.8, 4) is 5.75 Å². The Labute approximate surface area is 257 Å². The van der Waals surface area contributed by atoms with Crippen molar-refractivity contribution < 1.29 is 19.1 Å². The van der Waals surface area contributed by atoms with Crippen LogP contribution < -0.4 is 20.7 Å². The summed E-state index contributed by atoms with van der Waals surface area (Å²) >= 11 is 0. The summed E-state index contributed by atoms with van der Waals surface area (Å²) in [5.41, 5.74) is 5.60. The Hall–Kier alpha value is -4.77. The van der Waals surface area contributed by atoms with E-state index in [1.165, 1.54) is 0 Å². The number of ether oxygens (including phenoxy) is 2. The molecule has 3 N–H and O–H groups in total. The smallest absolute Gasteiger partial charge is 0.270 e. The third-order valence-corrected chi connectivity index (χ3v) is 7.78. The minimum Gasteiger partial charge on any atom is -0.496 e. The van der Waals surface area contributed by atoms with E-state index in [1.807, 2.05) is 36.0 Å². The first-order chi connectivity index (χ1) is 21.4. The summed E-state index contributed by atoms with van der Waals surface area (Å²) in [7, 11) is 1.60. The van der Waals surface area contributed by atoms with E-state index in [1.54, 1.807) is 31.4 Å². The predicted octanol–water partition coefficient (Wildman–Crippen LogP) is 4.51. The molecule has 4 aromatic rings. The molecule has 0 spiro atoms. The van der Waals surface area contributed by atoms with Gasteiger partial charge < -0.3 is 25.4 Å². The predicted molar refractivity (Wildman–Crippen MR) is 170 cm³/mol. The van der Waals surface area contributed by atoms with Crippen molar-refractivity contribution in [3.63, 3.8) is 0 Å². The zero-order valence-corrected chi connectivity index (χ0v) is 25.5. The van der Waals surface area contributed by atoms with Crippen LogP contribution in [0.4, 0.5) is 5.69 Å². The molecule has 4 heterocycles. The van der Waals surface area contributed by atoms with Crippen LogP contribution in [-0.4, -0.2) is 57.9 Å². The first-order valence-corrected chi connectivity index (χ1v) is 15.0. The average Bonchev–Trinajstić information content (AvgIpc) is 3.49. The zero-order chi connectivity index (χ0) is 31.1. The van der Waals surface area contributed by atoms with Crippen molar-refractivity contribution in [1.29, 1.82) is 0 Å². The maximum atomic E-state index is 13.3. The maximum Gasteiger partial charge on any atom is 0.270 e. The second-order valence-corrected chi connectivity index (χ2v) is 10.5. The Morgan fingerprint density at radius 3 is 2.45 bits per heavy atom. The molecule has 1 saturated heterocycles. The number of methoxy groups -OCH3 is 1. The lowest BCUT2D eigenvalue weighted by molar-refractivity contribution is 0.0904. The Bertz CT molecular complexity index is 1660. The summed E-state index contributed by atoms with van der Waals surface area (Å²) in [6, 6.07) is 10.7. The van der Waals surface area contributed by atoms with E-state index >= 15 is 0 Å². The van der Waals surface area contributed by atoms with E-state index in [0.29, 0.717) is 31.9 Å². The number of carbonyl (C=O) groups excluding carboxylic acids is 2. The average molecular weight is 598 g/mol. The summed E-state index contributed by atoms with van der Waals surface area (Å²) in [6.07, 6.45) is 6.02. The Morgan fingerprint density at radius 2 is 1.80 bits per heavy atom. The van der Waals surface area contributed by atoms with Crippen molar-refractivity contribution in [1.82, 2.24) is 30.4 Å². The van der Waals surface area contributed by atoms with Crippen molar-refractivity contribution in [2.75, 3.05) is 25.6 Å². The molecule has 11 nitrogen and oxygen atoms in total. The van der Waals surface area contributed by atoms with E-state index in [0.717, 1.165) is 51.9 Å². The number of nitrogens with one attached hydrogen (secondary N) is 3. The normalized spacial score (nSPS) is 13.4. The number of rotatable bonds is 12. The molecule has 1 fully saturated rings. The number of fused-ring (bicyclic) bond motifs is 1. The number of hydrogen-bond acceptors (Lipinski definition) is 8. The first kappa shape index (κ1) is 30.7. The molecule has 3 aromatic heterocycles. The van der Waals surface area contributed by atoms with Crippen LogP contribution in [0.1, 0.15) is 70.1 Å². The summed E-state index contributed by atoms with van der Waals surface area (Å²) in [4.78, 5) is 35.6. The van der Waals surface area contributed by atoms with Crippen LogP contribution in [0, 0.1) is 0 Å². The molecule has 11 heteroatoms. The maximum absolute atomic E-state index is 13.3. The molecule has 0 saturated carbocycles. The quantitative estimate of drug-likeness (QED) is 0.217. The largest absolute Gasteiger partial charge is 0.496 e. The number of aromatic nitrogens is 4. The van der Waals surface area contributed by atoms with Gasteiger partial charge in [-0.3, -0.25) is 9.59 Å². The highest BCUT2D eigenvalue weighted by atomic mass is 16.5. The number of nitrogens with zero attached hydrogens (tertiary/aromatic N) is 4. The van der Waals surface area contributed by atoms with Gasteiger partial charge in [-0.05, 0) is 56.0 Å². The lowest BCUT2D eigenvalue weighted by atomic mass is 10.0. The minimum absolute atomic E-state index is 0.154. The van der Waals surface area contributed by atoms with Crippen LogP contribution >= 0.6 is 0 Å². The van der Waals surface area contributed by atoms with Crippen molar-refractivity contribution in [3.05, 3.63) is 82.9 Å². The molecule has 0 bridgehead atoms. The Morgan fingerprint density at radius 1 is 1.07 bits per heavy atom. The summed E-state index contributed by atoms with van der Waals surface area (Å²) in [5, 5.41) is 15.1. The van der Waals surface area contributed by atoms with Gasteiger partial charge >= 0.3 is 0 Å². The van der Waals surface area contributed by atoms with Gasteiger partial charge in [0.15, 0.2) is 5.65 Å². The number of carbonyl (C=O) groups is 2. The van der Waals surface area contributed by atoms with Crippen LogP contribution in [0.5, 0.6) is 5.75 Å². The summed E-state index contributed by atoms with van der Waals surface area (Å²) in [6.45, 7) is 10.6. The molecule has 1 aliphatic heterocycles. The van der Waals surface area contributed by atoms with Gasteiger partial charge in [-0.25, -0.2) is 14.6 Å². The number of aryl methyl sites for hydroxylation is 2. The highest BCUT2D eigenvalue weighted by Crippen LogP contribution is 2.31. The van der Waals surface area contributed by atoms with Gasteiger partial charge in [0, 0.05) is 55.7 Å². The Balaban J connectivity index is 1.32. The number of amides is 2. The van der Waals surface area contributed by atoms with Gasteiger partial charge in [-0.15, -0.1) is 0 Å². The van der Waals surface area contributed by atoms with Crippen LogP contribution in [0.2, 0.25) is 0 Å². The molecule has 230 valence electrons. The molecule has 0 radical (unpaired) electrons. The third-order valence-electron chi connectivity index (χ3n) is 7.78. The number of hydrogen-bond donors (Lipinski definition) is 3. The summed E-state index contributed by atoms with van der Waals surface area (Å²) in [5.74, 6) is -0.0528.